The molecule has 0 aromatic rings. The zero-order valence-corrected chi connectivity index (χ0v) is 4.74. The Bertz CT molecular complexity index is 94.6. The molecular weight excluding hydrogens is 126 g/mol. The van der Waals surface area contributed by atoms with Gasteiger partial charge in [-0.15, -0.1) is 0 Å². The van der Waals surface area contributed by atoms with Gasteiger partial charge in [0.2, 0.25) is 0 Å². The van der Waals surface area contributed by atoms with Crippen LogP contribution in [0.1, 0.15) is 6.42 Å². The van der Waals surface area contributed by atoms with Crippen LogP contribution in [-0.2, 0) is 4.79 Å². The maximum Gasteiger partial charge on any atom is 0.272 e. The van der Waals surface area contributed by atoms with E-state index in [0.717, 1.165) is 0 Å². The summed E-state index contributed by atoms with van der Waals surface area (Å²) in [7, 11) is 0. The predicted octanol–water partition coefficient (Wildman–Crippen LogP) is -1.76. The number of aliphatic hydroxyl groups is 2. The van der Waals surface area contributed by atoms with Crippen LogP contribution in [0.4, 0.5) is 0 Å². The van der Waals surface area contributed by atoms with E-state index in [1.807, 2.05) is 0 Å². The molecule has 0 radical (unpaired) electrons. The Balaban J connectivity index is 3.45. The van der Waals surface area contributed by atoms with Crippen LogP contribution in [0.25, 0.3) is 0 Å². The van der Waals surface area contributed by atoms with Crippen LogP contribution in [-0.4, -0.2) is 34.0 Å². The summed E-state index contributed by atoms with van der Waals surface area (Å²) in [6, 6.07) is 0. The second kappa shape index (κ2) is 4.25. The van der Waals surface area contributed by atoms with Crippen molar-refractivity contribution in [3.8, 4) is 0 Å². The molecule has 0 spiro atoms. The lowest BCUT2D eigenvalue weighted by atomic mass is 10.2. The molecular formula is C4H9NO4. The first-order chi connectivity index (χ1) is 4.22. The molecule has 0 saturated carbocycles. The molecule has 0 saturated heterocycles. The fourth-order valence-electron chi connectivity index (χ4n) is 0.328. The average Bonchev–Trinajstić information content (AvgIpc) is 1.87. The first kappa shape index (κ1) is 8.35. The smallest absolute Gasteiger partial charge is 0.272 e. The highest BCUT2D eigenvalue weighted by Gasteiger charge is 2.11. The van der Waals surface area contributed by atoms with Gasteiger partial charge in [-0.2, -0.15) is 0 Å². The first-order valence-corrected chi connectivity index (χ1v) is 2.45. The van der Waals surface area contributed by atoms with Crippen molar-refractivity contribution in [1.29, 1.82) is 0 Å². The van der Waals surface area contributed by atoms with Gasteiger partial charge in [0.15, 0.2) is 0 Å². The topological polar surface area (TPSA) is 89.8 Å². The molecule has 1 unspecified atom stereocenters. The molecule has 9 heavy (non-hydrogen) atoms. The quantitative estimate of drug-likeness (QED) is 0.272. The van der Waals surface area contributed by atoms with E-state index in [1.165, 1.54) is 5.48 Å². The molecule has 0 aliphatic heterocycles. The molecule has 4 N–H and O–H groups in total. The minimum atomic E-state index is -1.32. The zero-order valence-electron chi connectivity index (χ0n) is 4.74. The van der Waals surface area contributed by atoms with Gasteiger partial charge in [0.25, 0.3) is 5.91 Å². The van der Waals surface area contributed by atoms with Crippen LogP contribution in [0.5, 0.6) is 0 Å². The van der Waals surface area contributed by atoms with Crippen molar-refractivity contribution < 1.29 is 20.2 Å². The molecule has 1 amide bonds. The molecule has 0 aromatic carbocycles. The number of nitrogens with one attached hydrogen (secondary N) is 1. The molecule has 0 fully saturated rings. The summed E-state index contributed by atoms with van der Waals surface area (Å²) >= 11 is 0. The number of carbonyl (C=O) groups excluding carboxylic acids is 1. The van der Waals surface area contributed by atoms with Gasteiger partial charge in [-0.1, -0.05) is 0 Å². The number of amides is 1. The number of hydrogen-bond donors (Lipinski definition) is 4. The van der Waals surface area contributed by atoms with Crippen LogP contribution in [0.3, 0.4) is 0 Å². The predicted molar refractivity (Wildman–Crippen MR) is 27.6 cm³/mol. The molecule has 0 aliphatic carbocycles. The summed E-state index contributed by atoms with van der Waals surface area (Å²) < 4.78 is 0. The van der Waals surface area contributed by atoms with Gasteiger partial charge >= 0.3 is 0 Å². The Morgan fingerprint density at radius 2 is 2.22 bits per heavy atom. The van der Waals surface area contributed by atoms with Crippen LogP contribution in [0, 0.1) is 0 Å². The third-order valence-electron chi connectivity index (χ3n) is 0.815. The SMILES string of the molecule is O=C(NO)C(O)CCO. The highest BCUT2D eigenvalue weighted by Crippen LogP contribution is 1.87. The lowest BCUT2D eigenvalue weighted by Crippen LogP contribution is -2.32. The van der Waals surface area contributed by atoms with Gasteiger partial charge in [0.1, 0.15) is 6.10 Å². The first-order valence-electron chi connectivity index (χ1n) is 2.45. The molecule has 5 nitrogen and oxygen atoms in total. The van der Waals surface area contributed by atoms with Gasteiger partial charge in [-0.05, 0) is 0 Å². The molecule has 0 aliphatic rings. The number of rotatable bonds is 3. The fourth-order valence-corrected chi connectivity index (χ4v) is 0.328. The summed E-state index contributed by atoms with van der Waals surface area (Å²) in [5.74, 6) is -0.899. The van der Waals surface area contributed by atoms with Crippen molar-refractivity contribution in [2.75, 3.05) is 6.61 Å². The average molecular weight is 135 g/mol. The molecule has 0 rings (SSSR count). The Labute approximate surface area is 51.9 Å². The summed E-state index contributed by atoms with van der Waals surface area (Å²) in [6.45, 7) is -0.283. The van der Waals surface area contributed by atoms with Crippen molar-refractivity contribution in [1.82, 2.24) is 5.48 Å². The van der Waals surface area contributed by atoms with Crippen molar-refractivity contribution >= 4 is 5.91 Å². The fraction of sp³-hybridized carbons (Fsp3) is 0.750. The van der Waals surface area contributed by atoms with E-state index in [2.05, 4.69) is 0 Å². The van der Waals surface area contributed by atoms with Gasteiger partial charge in [0, 0.05) is 13.0 Å². The van der Waals surface area contributed by atoms with Gasteiger partial charge in [0.05, 0.1) is 0 Å². The minimum absolute atomic E-state index is 0.0631. The Hall–Kier alpha value is -0.650. The third-order valence-corrected chi connectivity index (χ3v) is 0.815. The molecule has 54 valence electrons. The second-order valence-corrected chi connectivity index (χ2v) is 1.50. The van der Waals surface area contributed by atoms with Gasteiger partial charge < -0.3 is 10.2 Å². The summed E-state index contributed by atoms with van der Waals surface area (Å²) in [4.78, 5) is 10.2. The van der Waals surface area contributed by atoms with E-state index in [9.17, 15) is 4.79 Å². The van der Waals surface area contributed by atoms with E-state index in [4.69, 9.17) is 15.4 Å². The van der Waals surface area contributed by atoms with Gasteiger partial charge in [-0.3, -0.25) is 10.0 Å². The highest BCUT2D eigenvalue weighted by atomic mass is 16.5. The molecule has 0 aromatic heterocycles. The van der Waals surface area contributed by atoms with E-state index < -0.39 is 12.0 Å². The van der Waals surface area contributed by atoms with E-state index >= 15 is 0 Å². The summed E-state index contributed by atoms with van der Waals surface area (Å²) in [6.07, 6.45) is -1.38. The van der Waals surface area contributed by atoms with Crippen molar-refractivity contribution in [2.45, 2.75) is 12.5 Å². The maximum absolute atomic E-state index is 10.2. The third kappa shape index (κ3) is 3.02. The zero-order chi connectivity index (χ0) is 7.28. The Morgan fingerprint density at radius 3 is 2.56 bits per heavy atom. The van der Waals surface area contributed by atoms with E-state index in [0.29, 0.717) is 0 Å². The van der Waals surface area contributed by atoms with E-state index in [1.54, 1.807) is 0 Å². The largest absolute Gasteiger partial charge is 0.396 e. The molecule has 1 atom stereocenters. The van der Waals surface area contributed by atoms with E-state index in [-0.39, 0.29) is 13.0 Å². The number of hydrogen-bond acceptors (Lipinski definition) is 4. The lowest BCUT2D eigenvalue weighted by Gasteiger charge is -2.03. The van der Waals surface area contributed by atoms with Crippen LogP contribution in [0.2, 0.25) is 0 Å². The van der Waals surface area contributed by atoms with Crippen molar-refractivity contribution in [2.24, 2.45) is 0 Å². The van der Waals surface area contributed by atoms with Crippen LogP contribution < -0.4 is 5.48 Å². The molecule has 5 heteroatoms. The monoisotopic (exact) mass is 135 g/mol. The minimum Gasteiger partial charge on any atom is -0.396 e. The van der Waals surface area contributed by atoms with Crippen molar-refractivity contribution in [3.05, 3.63) is 0 Å². The van der Waals surface area contributed by atoms with Crippen LogP contribution >= 0.6 is 0 Å². The van der Waals surface area contributed by atoms with Crippen molar-refractivity contribution in [3.63, 3.8) is 0 Å². The number of carbonyl (C=O) groups is 1. The summed E-state index contributed by atoms with van der Waals surface area (Å²) in [5.41, 5.74) is 1.25. The summed E-state index contributed by atoms with van der Waals surface area (Å²) in [5, 5.41) is 24.6. The van der Waals surface area contributed by atoms with Gasteiger partial charge in [-0.25, -0.2) is 5.48 Å². The Morgan fingerprint density at radius 1 is 1.67 bits per heavy atom. The standard InChI is InChI=1S/C4H9NO4/c6-2-1-3(7)4(8)5-9/h3,6-7,9H,1-2H2,(H,5,8). The normalized spacial score (nSPS) is 12.8. The van der Waals surface area contributed by atoms with Crippen LogP contribution in [0.15, 0.2) is 0 Å². The number of hydroxylamine groups is 1. The molecule has 0 heterocycles. The highest BCUT2D eigenvalue weighted by molar-refractivity contribution is 5.79. The second-order valence-electron chi connectivity index (χ2n) is 1.50. The number of aliphatic hydroxyl groups excluding tert-OH is 2. The lowest BCUT2D eigenvalue weighted by molar-refractivity contribution is -0.138. The maximum atomic E-state index is 10.2. The molecule has 0 bridgehead atoms. The Kier molecular flexibility index (Phi) is 3.94.